The molecule has 164 valence electrons. The van der Waals surface area contributed by atoms with Crippen LogP contribution in [0.25, 0.3) is 12.2 Å². The van der Waals surface area contributed by atoms with Gasteiger partial charge >= 0.3 is 5.97 Å². The maximum atomic E-state index is 12.1. The first-order chi connectivity index (χ1) is 14.9. The van der Waals surface area contributed by atoms with Crippen LogP contribution in [0.2, 0.25) is 5.02 Å². The minimum Gasteiger partial charge on any atom is -0.508 e. The number of rotatable bonds is 7. The van der Waals surface area contributed by atoms with E-state index in [1.807, 2.05) is 24.3 Å². The van der Waals surface area contributed by atoms with Gasteiger partial charge in [0.1, 0.15) is 18.0 Å². The van der Waals surface area contributed by atoms with Gasteiger partial charge < -0.3 is 24.8 Å². The molecule has 3 N–H and O–H groups in total. The van der Waals surface area contributed by atoms with Crippen LogP contribution in [-0.2, 0) is 14.3 Å². The molecule has 0 unspecified atom stereocenters. The van der Waals surface area contributed by atoms with Crippen LogP contribution >= 0.6 is 11.6 Å². The van der Waals surface area contributed by atoms with Gasteiger partial charge in [0.05, 0.1) is 18.8 Å². The number of carbonyl (C=O) groups excluding carboxylic acids is 1. The predicted octanol–water partition coefficient (Wildman–Crippen LogP) is 3.58. The van der Waals surface area contributed by atoms with Gasteiger partial charge in [-0.05, 0) is 41.5 Å². The monoisotopic (exact) mass is 444 g/mol. The molecule has 31 heavy (non-hydrogen) atoms. The normalized spacial score (nSPS) is 24.0. The van der Waals surface area contributed by atoms with Gasteiger partial charge in [0.25, 0.3) is 0 Å². The van der Waals surface area contributed by atoms with Gasteiger partial charge in [0.2, 0.25) is 0 Å². The summed E-state index contributed by atoms with van der Waals surface area (Å²) in [6, 6.07) is 13.7. The molecule has 6 nitrogen and oxygen atoms in total. The first-order valence-corrected chi connectivity index (χ1v) is 10.4. The minimum atomic E-state index is -1.17. The van der Waals surface area contributed by atoms with E-state index in [-0.39, 0.29) is 24.7 Å². The maximum Gasteiger partial charge on any atom is 0.331 e. The second kappa shape index (κ2) is 11.1. The molecule has 2 aromatic rings. The van der Waals surface area contributed by atoms with Crippen LogP contribution in [0.15, 0.2) is 60.7 Å². The molecule has 0 aromatic heterocycles. The van der Waals surface area contributed by atoms with Crippen molar-refractivity contribution in [2.24, 2.45) is 0 Å². The summed E-state index contributed by atoms with van der Waals surface area (Å²) in [6.07, 6.45) is 3.64. The Morgan fingerprint density at radius 2 is 1.65 bits per heavy atom. The number of phenols is 1. The summed E-state index contributed by atoms with van der Waals surface area (Å²) in [5, 5.41) is 30.3. The van der Waals surface area contributed by atoms with Crippen LogP contribution < -0.4 is 0 Å². The Balaban J connectivity index is 1.50. The lowest BCUT2D eigenvalue weighted by molar-refractivity contribution is -0.169. The number of esters is 1. The SMILES string of the molecule is O=C(/C=C/c1ccc(O)cc1)O[C@@H]1C[C@@H](OC/C=C/c2ccc(Cl)cc2)C[C@H](O)[C@H]1O. The molecule has 1 aliphatic carbocycles. The second-order valence-electron chi connectivity index (χ2n) is 7.34. The van der Waals surface area contributed by atoms with E-state index in [1.54, 1.807) is 30.3 Å². The third kappa shape index (κ3) is 7.22. The number of ether oxygens (including phenoxy) is 2. The van der Waals surface area contributed by atoms with E-state index in [0.717, 1.165) is 5.56 Å². The Labute approximate surface area is 186 Å². The topological polar surface area (TPSA) is 96.2 Å². The van der Waals surface area contributed by atoms with E-state index in [1.165, 1.54) is 18.2 Å². The molecule has 3 rings (SSSR count). The van der Waals surface area contributed by atoms with Crippen molar-refractivity contribution in [3.63, 3.8) is 0 Å². The molecule has 1 saturated carbocycles. The van der Waals surface area contributed by atoms with Crippen molar-refractivity contribution in [2.75, 3.05) is 6.61 Å². The number of carbonyl (C=O) groups is 1. The lowest BCUT2D eigenvalue weighted by Crippen LogP contribution is -2.48. The molecule has 0 radical (unpaired) electrons. The van der Waals surface area contributed by atoms with Crippen LogP contribution in [0.4, 0.5) is 0 Å². The standard InChI is InChI=1S/C24H25ClO6/c25-18-8-3-16(4-9-18)2-1-13-30-20-14-21(27)24(29)22(15-20)31-23(28)12-7-17-5-10-19(26)11-6-17/h1-12,20-22,24,26-27,29H,13-15H2/b2-1+,12-7+/t20-,21-,22+,24+/m0/s1. The Morgan fingerprint density at radius 3 is 2.35 bits per heavy atom. The molecular weight excluding hydrogens is 420 g/mol. The quantitative estimate of drug-likeness (QED) is 0.446. The fourth-order valence-corrected chi connectivity index (χ4v) is 3.42. The number of aliphatic hydroxyl groups is 2. The van der Waals surface area contributed by atoms with E-state index < -0.39 is 24.3 Å². The summed E-state index contributed by atoms with van der Waals surface area (Å²) < 4.78 is 11.1. The Hall–Kier alpha value is -2.64. The predicted molar refractivity (Wildman–Crippen MR) is 118 cm³/mol. The molecule has 0 bridgehead atoms. The summed E-state index contributed by atoms with van der Waals surface area (Å²) in [7, 11) is 0. The number of phenolic OH excluding ortho intramolecular Hbond substituents is 1. The number of aromatic hydroxyl groups is 1. The summed E-state index contributed by atoms with van der Waals surface area (Å²) in [5.74, 6) is -0.499. The van der Waals surface area contributed by atoms with Crippen molar-refractivity contribution >= 4 is 29.7 Å². The highest BCUT2D eigenvalue weighted by Crippen LogP contribution is 2.25. The van der Waals surface area contributed by atoms with Crippen LogP contribution in [-0.4, -0.2) is 52.3 Å². The van der Waals surface area contributed by atoms with E-state index in [2.05, 4.69) is 0 Å². The van der Waals surface area contributed by atoms with Crippen molar-refractivity contribution in [2.45, 2.75) is 37.3 Å². The zero-order chi connectivity index (χ0) is 22.2. The lowest BCUT2D eigenvalue weighted by Gasteiger charge is -2.35. The molecule has 0 spiro atoms. The summed E-state index contributed by atoms with van der Waals surface area (Å²) in [6.45, 7) is 0.317. The number of hydrogen-bond donors (Lipinski definition) is 3. The van der Waals surface area contributed by atoms with Crippen LogP contribution in [0.5, 0.6) is 5.75 Å². The van der Waals surface area contributed by atoms with Gasteiger partial charge in [-0.25, -0.2) is 4.79 Å². The Morgan fingerprint density at radius 1 is 1.00 bits per heavy atom. The molecule has 7 heteroatoms. The highest BCUT2D eigenvalue weighted by molar-refractivity contribution is 6.30. The summed E-state index contributed by atoms with van der Waals surface area (Å²) >= 11 is 5.86. The summed E-state index contributed by atoms with van der Waals surface area (Å²) in [5.41, 5.74) is 1.70. The third-order valence-electron chi connectivity index (χ3n) is 4.96. The number of halogens is 1. The van der Waals surface area contributed by atoms with Gasteiger partial charge in [-0.2, -0.15) is 0 Å². The minimum absolute atomic E-state index is 0.132. The summed E-state index contributed by atoms with van der Waals surface area (Å²) in [4.78, 5) is 12.1. The molecule has 4 atom stereocenters. The van der Waals surface area contributed by atoms with E-state index in [0.29, 0.717) is 17.2 Å². The van der Waals surface area contributed by atoms with E-state index in [9.17, 15) is 20.1 Å². The van der Waals surface area contributed by atoms with Crippen molar-refractivity contribution in [1.29, 1.82) is 0 Å². The first kappa shape index (κ1) is 23.0. The van der Waals surface area contributed by atoms with Gasteiger partial charge in [0.15, 0.2) is 0 Å². The second-order valence-corrected chi connectivity index (χ2v) is 7.78. The number of benzene rings is 2. The number of hydrogen-bond acceptors (Lipinski definition) is 6. The molecule has 0 saturated heterocycles. The lowest BCUT2D eigenvalue weighted by atomic mass is 9.89. The molecule has 0 amide bonds. The smallest absolute Gasteiger partial charge is 0.331 e. The fourth-order valence-electron chi connectivity index (χ4n) is 3.29. The molecule has 0 aliphatic heterocycles. The third-order valence-corrected chi connectivity index (χ3v) is 5.21. The van der Waals surface area contributed by atoms with Crippen LogP contribution in [0.3, 0.4) is 0 Å². The highest BCUT2D eigenvalue weighted by Gasteiger charge is 2.38. The molecule has 0 heterocycles. The van der Waals surface area contributed by atoms with Gasteiger partial charge in [0, 0.05) is 23.9 Å². The van der Waals surface area contributed by atoms with Crippen LogP contribution in [0.1, 0.15) is 24.0 Å². The van der Waals surface area contributed by atoms with Crippen molar-refractivity contribution in [3.05, 3.63) is 76.8 Å². The Bertz CT molecular complexity index is 907. The average Bonchev–Trinajstić information content (AvgIpc) is 2.75. The Kier molecular flexibility index (Phi) is 8.26. The van der Waals surface area contributed by atoms with Gasteiger partial charge in [-0.3, -0.25) is 0 Å². The van der Waals surface area contributed by atoms with Crippen molar-refractivity contribution in [1.82, 2.24) is 0 Å². The molecule has 1 aliphatic rings. The largest absolute Gasteiger partial charge is 0.508 e. The molecular formula is C24H25ClO6. The molecule has 2 aromatic carbocycles. The maximum absolute atomic E-state index is 12.1. The van der Waals surface area contributed by atoms with E-state index in [4.69, 9.17) is 21.1 Å². The number of aliphatic hydroxyl groups excluding tert-OH is 2. The van der Waals surface area contributed by atoms with Gasteiger partial charge in [-0.15, -0.1) is 0 Å². The van der Waals surface area contributed by atoms with Crippen LogP contribution in [0, 0.1) is 0 Å². The van der Waals surface area contributed by atoms with Crippen molar-refractivity contribution < 1.29 is 29.6 Å². The fraction of sp³-hybridized carbons (Fsp3) is 0.292. The van der Waals surface area contributed by atoms with E-state index >= 15 is 0 Å². The van der Waals surface area contributed by atoms with Crippen molar-refractivity contribution in [3.8, 4) is 5.75 Å². The van der Waals surface area contributed by atoms with Gasteiger partial charge in [-0.1, -0.05) is 48.0 Å². The average molecular weight is 445 g/mol. The first-order valence-electron chi connectivity index (χ1n) is 9.98. The zero-order valence-corrected chi connectivity index (χ0v) is 17.6. The zero-order valence-electron chi connectivity index (χ0n) is 16.8. The highest BCUT2D eigenvalue weighted by atomic mass is 35.5. The molecule has 1 fully saturated rings.